The highest BCUT2D eigenvalue weighted by molar-refractivity contribution is 5.94. The number of fused-ring (bicyclic) bond motifs is 1. The molecule has 2 fully saturated rings. The number of hydrogen-bond acceptors (Lipinski definition) is 4. The van der Waals surface area contributed by atoms with E-state index < -0.39 is 0 Å². The number of piperidine rings is 1. The van der Waals surface area contributed by atoms with Gasteiger partial charge in [-0.05, 0) is 32.4 Å². The Morgan fingerprint density at radius 3 is 2.62 bits per heavy atom. The summed E-state index contributed by atoms with van der Waals surface area (Å²) >= 11 is 0. The highest BCUT2D eigenvalue weighted by atomic mass is 16.2. The van der Waals surface area contributed by atoms with Crippen LogP contribution in [0.1, 0.15) is 47.8 Å². The Kier molecular flexibility index (Phi) is 4.92. The van der Waals surface area contributed by atoms with Gasteiger partial charge < -0.3 is 9.80 Å². The second kappa shape index (κ2) is 7.28. The lowest BCUT2D eigenvalue weighted by molar-refractivity contribution is -0.133. The molecule has 0 aliphatic carbocycles. The molecule has 1 N–H and O–H groups in total. The zero-order valence-corrected chi connectivity index (χ0v) is 17.6. The molecule has 0 saturated carbocycles. The molecule has 4 rings (SSSR count). The van der Waals surface area contributed by atoms with Gasteiger partial charge in [-0.25, -0.2) is 4.98 Å². The fraction of sp³-hybridized carbons (Fsp3) is 0.545. The Bertz CT molecular complexity index is 937. The van der Waals surface area contributed by atoms with E-state index in [0.717, 1.165) is 29.2 Å². The van der Waals surface area contributed by atoms with Gasteiger partial charge in [0.05, 0.1) is 5.41 Å². The van der Waals surface area contributed by atoms with Crippen LogP contribution in [0, 0.1) is 25.7 Å². The first-order valence-corrected chi connectivity index (χ1v) is 10.3. The van der Waals surface area contributed by atoms with E-state index in [4.69, 9.17) is 0 Å². The largest absolute Gasteiger partial charge is 0.341 e. The molecular weight excluding hydrogens is 366 g/mol. The summed E-state index contributed by atoms with van der Waals surface area (Å²) in [6, 6.07) is 7.73. The molecule has 0 bridgehead atoms. The van der Waals surface area contributed by atoms with Crippen LogP contribution in [0.5, 0.6) is 0 Å². The molecule has 0 spiro atoms. The number of carbonyl (C=O) groups excluding carboxylic acids is 2. The van der Waals surface area contributed by atoms with Crippen LogP contribution < -0.4 is 0 Å². The predicted octanol–water partition coefficient (Wildman–Crippen LogP) is 2.32. The minimum Gasteiger partial charge on any atom is -0.341 e. The van der Waals surface area contributed by atoms with Crippen LogP contribution in [-0.4, -0.2) is 63.0 Å². The lowest BCUT2D eigenvalue weighted by Crippen LogP contribution is -2.51. The van der Waals surface area contributed by atoms with E-state index >= 15 is 0 Å². The summed E-state index contributed by atoms with van der Waals surface area (Å²) in [4.78, 5) is 34.4. The fourth-order valence-corrected chi connectivity index (χ4v) is 4.79. The molecule has 154 valence electrons. The second-order valence-electron chi connectivity index (χ2n) is 8.84. The van der Waals surface area contributed by atoms with Crippen molar-refractivity contribution in [1.82, 2.24) is 25.0 Å². The molecule has 0 radical (unpaired) electrons. The first-order chi connectivity index (χ1) is 13.8. The van der Waals surface area contributed by atoms with Crippen LogP contribution in [0.15, 0.2) is 24.3 Å². The number of rotatable bonds is 3. The lowest BCUT2D eigenvalue weighted by atomic mass is 9.71. The second-order valence-corrected chi connectivity index (χ2v) is 8.84. The number of benzene rings is 1. The van der Waals surface area contributed by atoms with Crippen molar-refractivity contribution in [3.63, 3.8) is 0 Å². The molecule has 7 heteroatoms. The summed E-state index contributed by atoms with van der Waals surface area (Å²) in [5.74, 6) is 1.85. The van der Waals surface area contributed by atoms with Crippen molar-refractivity contribution >= 4 is 11.8 Å². The number of amides is 2. The van der Waals surface area contributed by atoms with E-state index in [2.05, 4.69) is 15.2 Å². The summed E-state index contributed by atoms with van der Waals surface area (Å²) < 4.78 is 0. The van der Waals surface area contributed by atoms with Gasteiger partial charge in [0.2, 0.25) is 5.91 Å². The maximum Gasteiger partial charge on any atom is 0.253 e. The van der Waals surface area contributed by atoms with E-state index in [0.29, 0.717) is 26.2 Å². The zero-order valence-electron chi connectivity index (χ0n) is 17.6. The Balaban J connectivity index is 1.62. The summed E-state index contributed by atoms with van der Waals surface area (Å²) in [6.07, 6.45) is 0.758. The number of aromatic amines is 1. The highest BCUT2D eigenvalue weighted by Gasteiger charge is 2.54. The normalized spacial score (nSPS) is 24.1. The van der Waals surface area contributed by atoms with Gasteiger partial charge >= 0.3 is 0 Å². The molecule has 0 unspecified atom stereocenters. The van der Waals surface area contributed by atoms with Crippen molar-refractivity contribution in [2.24, 2.45) is 11.8 Å². The van der Waals surface area contributed by atoms with Crippen LogP contribution in [0.3, 0.4) is 0 Å². The standard InChI is InChI=1S/C22H29N5O2/c1-14(2)19(28)27-12-18-11-26(20(29)17-7-5-6-15(3)10-17)9-8-22(18,13-27)21-23-16(4)24-25-21/h5-7,10,14,18H,8-9,11-13H2,1-4H3,(H,23,24,25)/t18-,22-/m1/s1. The Morgan fingerprint density at radius 2 is 1.97 bits per heavy atom. The van der Waals surface area contributed by atoms with Crippen LogP contribution in [-0.2, 0) is 10.2 Å². The van der Waals surface area contributed by atoms with Gasteiger partial charge in [0, 0.05) is 43.6 Å². The number of carbonyl (C=O) groups is 2. The maximum absolute atomic E-state index is 13.1. The van der Waals surface area contributed by atoms with Crippen LogP contribution in [0.2, 0.25) is 0 Å². The van der Waals surface area contributed by atoms with Gasteiger partial charge in [0.25, 0.3) is 5.91 Å². The molecule has 7 nitrogen and oxygen atoms in total. The van der Waals surface area contributed by atoms with Gasteiger partial charge in [0.15, 0.2) is 5.82 Å². The molecule has 2 amide bonds. The van der Waals surface area contributed by atoms with Gasteiger partial charge in [0.1, 0.15) is 5.82 Å². The molecule has 1 aromatic carbocycles. The van der Waals surface area contributed by atoms with Crippen LogP contribution in [0.4, 0.5) is 0 Å². The summed E-state index contributed by atoms with van der Waals surface area (Å²) in [7, 11) is 0. The molecule has 2 atom stereocenters. The van der Waals surface area contributed by atoms with Gasteiger partial charge in [-0.1, -0.05) is 31.5 Å². The number of nitrogens with one attached hydrogen (secondary N) is 1. The lowest BCUT2D eigenvalue weighted by Gasteiger charge is -2.41. The molecule has 1 aromatic heterocycles. The molecule has 2 aliphatic heterocycles. The number of likely N-dealkylation sites (tertiary alicyclic amines) is 2. The van der Waals surface area contributed by atoms with Crippen molar-refractivity contribution < 1.29 is 9.59 Å². The molecule has 2 aromatic rings. The number of nitrogens with zero attached hydrogens (tertiary/aromatic N) is 4. The van der Waals surface area contributed by atoms with Crippen molar-refractivity contribution in [2.75, 3.05) is 26.2 Å². The zero-order chi connectivity index (χ0) is 20.8. The van der Waals surface area contributed by atoms with Crippen LogP contribution in [0.25, 0.3) is 0 Å². The van der Waals surface area contributed by atoms with E-state index in [1.807, 2.05) is 61.8 Å². The van der Waals surface area contributed by atoms with E-state index in [-0.39, 0.29) is 29.1 Å². The number of aryl methyl sites for hydroxylation is 2. The smallest absolute Gasteiger partial charge is 0.253 e. The molecule has 2 saturated heterocycles. The first kappa shape index (κ1) is 19.6. The van der Waals surface area contributed by atoms with Crippen molar-refractivity contribution in [3.8, 4) is 0 Å². The highest BCUT2D eigenvalue weighted by Crippen LogP contribution is 2.44. The topological polar surface area (TPSA) is 82.2 Å². The number of aromatic nitrogens is 3. The van der Waals surface area contributed by atoms with Gasteiger partial charge in [-0.15, -0.1) is 0 Å². The quantitative estimate of drug-likeness (QED) is 0.865. The van der Waals surface area contributed by atoms with Crippen molar-refractivity contribution in [1.29, 1.82) is 0 Å². The van der Waals surface area contributed by atoms with E-state index in [1.54, 1.807) is 0 Å². The molecule has 29 heavy (non-hydrogen) atoms. The Labute approximate surface area is 171 Å². The Morgan fingerprint density at radius 1 is 1.21 bits per heavy atom. The van der Waals surface area contributed by atoms with Gasteiger partial charge in [-0.2, -0.15) is 5.10 Å². The van der Waals surface area contributed by atoms with Crippen LogP contribution >= 0.6 is 0 Å². The van der Waals surface area contributed by atoms with Crippen molar-refractivity contribution in [3.05, 3.63) is 47.0 Å². The third-order valence-corrected chi connectivity index (χ3v) is 6.36. The van der Waals surface area contributed by atoms with Gasteiger partial charge in [-0.3, -0.25) is 14.7 Å². The molecule has 3 heterocycles. The maximum atomic E-state index is 13.1. The minimum atomic E-state index is -0.293. The fourth-order valence-electron chi connectivity index (χ4n) is 4.79. The van der Waals surface area contributed by atoms with E-state index in [9.17, 15) is 9.59 Å². The summed E-state index contributed by atoms with van der Waals surface area (Å²) in [5.41, 5.74) is 1.51. The molecule has 2 aliphatic rings. The third kappa shape index (κ3) is 3.43. The average molecular weight is 396 g/mol. The summed E-state index contributed by atoms with van der Waals surface area (Å²) in [5, 5.41) is 7.43. The van der Waals surface area contributed by atoms with Crippen molar-refractivity contribution in [2.45, 2.75) is 39.5 Å². The minimum absolute atomic E-state index is 0.0499. The average Bonchev–Trinajstić information content (AvgIpc) is 3.30. The Hall–Kier alpha value is -2.70. The monoisotopic (exact) mass is 395 g/mol. The number of hydrogen-bond donors (Lipinski definition) is 1. The third-order valence-electron chi connectivity index (χ3n) is 6.36. The number of H-pyrrole nitrogens is 1. The predicted molar refractivity (Wildman–Crippen MR) is 109 cm³/mol. The SMILES string of the molecule is Cc1cccc(C(=O)N2CC[C@@]3(c4n[nH]c(C)n4)CN(C(=O)C(C)C)C[C@H]3C2)c1. The van der Waals surface area contributed by atoms with E-state index in [1.165, 1.54) is 0 Å². The molecular formula is C22H29N5O2. The summed E-state index contributed by atoms with van der Waals surface area (Å²) in [6.45, 7) is 10.3. The first-order valence-electron chi connectivity index (χ1n) is 10.3.